The molecule has 1 N–H and O–H groups in total. The number of aryl methyl sites for hydroxylation is 2. The maximum Gasteiger partial charge on any atom is 0.244 e. The first-order valence-electron chi connectivity index (χ1n) is 10.0. The molecule has 0 saturated carbocycles. The van der Waals surface area contributed by atoms with Crippen LogP contribution in [0.15, 0.2) is 71.9 Å². The zero-order valence-corrected chi connectivity index (χ0v) is 18.3. The summed E-state index contributed by atoms with van der Waals surface area (Å²) in [6.07, 6.45) is 18.1. The molecule has 1 unspecified atom stereocenters. The summed E-state index contributed by atoms with van der Waals surface area (Å²) in [4.78, 5) is 12.3. The van der Waals surface area contributed by atoms with Crippen LogP contribution in [0.1, 0.15) is 57.2 Å². The standard InChI is InChI=1S/C26H35NO/c1-7-9-10-11-12-13-20(3)19-25(8-2)23(6)27-26(28)15-14-24-17-21(4)16-22(5)18-24/h7-11,14-19,23H,12-13H2,1-6H3,(H,27,28)/b9-7-,11-10-,15-14+,20-19+,25-8+. The van der Waals surface area contributed by atoms with Crippen LogP contribution in [-0.4, -0.2) is 11.9 Å². The molecular formula is C26H35NO. The Hall–Kier alpha value is -2.61. The van der Waals surface area contributed by atoms with Crippen molar-refractivity contribution in [2.24, 2.45) is 0 Å². The van der Waals surface area contributed by atoms with E-state index in [2.05, 4.69) is 68.6 Å². The second kappa shape index (κ2) is 12.7. The summed E-state index contributed by atoms with van der Waals surface area (Å²) in [6.45, 7) is 12.3. The smallest absolute Gasteiger partial charge is 0.244 e. The minimum Gasteiger partial charge on any atom is -0.346 e. The first-order valence-corrected chi connectivity index (χ1v) is 10.0. The first kappa shape index (κ1) is 23.4. The topological polar surface area (TPSA) is 29.1 Å². The summed E-state index contributed by atoms with van der Waals surface area (Å²) < 4.78 is 0. The van der Waals surface area contributed by atoms with Gasteiger partial charge in [0.2, 0.25) is 5.91 Å². The number of benzene rings is 1. The van der Waals surface area contributed by atoms with Crippen molar-refractivity contribution in [3.63, 3.8) is 0 Å². The van der Waals surface area contributed by atoms with Gasteiger partial charge in [-0.05, 0) is 71.6 Å². The molecule has 0 aliphatic rings. The van der Waals surface area contributed by atoms with Crippen molar-refractivity contribution >= 4 is 12.0 Å². The molecule has 2 heteroatoms. The number of nitrogens with one attached hydrogen (secondary N) is 1. The summed E-state index contributed by atoms with van der Waals surface area (Å²) in [7, 11) is 0. The Balaban J connectivity index is 2.64. The molecule has 1 aromatic carbocycles. The Labute approximate surface area is 171 Å². The summed E-state index contributed by atoms with van der Waals surface area (Å²) in [5, 5.41) is 3.06. The minimum atomic E-state index is -0.0775. The van der Waals surface area contributed by atoms with Gasteiger partial charge in [0.25, 0.3) is 0 Å². The van der Waals surface area contributed by atoms with E-state index in [0.717, 1.165) is 24.0 Å². The molecule has 0 aromatic heterocycles. The van der Waals surface area contributed by atoms with E-state index in [1.54, 1.807) is 6.08 Å². The van der Waals surface area contributed by atoms with Gasteiger partial charge in [0, 0.05) is 6.08 Å². The van der Waals surface area contributed by atoms with Crippen molar-refractivity contribution < 1.29 is 4.79 Å². The molecule has 0 aliphatic carbocycles. The third-order valence-corrected chi connectivity index (χ3v) is 4.42. The van der Waals surface area contributed by atoms with Crippen molar-refractivity contribution in [3.05, 3.63) is 88.6 Å². The highest BCUT2D eigenvalue weighted by Crippen LogP contribution is 2.13. The molecule has 0 aliphatic heterocycles. The number of hydrogen-bond donors (Lipinski definition) is 1. The predicted octanol–water partition coefficient (Wildman–Crippen LogP) is 6.63. The molecule has 2 nitrogen and oxygen atoms in total. The van der Waals surface area contributed by atoms with E-state index in [-0.39, 0.29) is 11.9 Å². The predicted molar refractivity (Wildman–Crippen MR) is 123 cm³/mol. The molecule has 0 fully saturated rings. The maximum atomic E-state index is 12.3. The van der Waals surface area contributed by atoms with Crippen molar-refractivity contribution in [3.8, 4) is 0 Å². The van der Waals surface area contributed by atoms with Gasteiger partial charge in [-0.25, -0.2) is 0 Å². The number of allylic oxidation sites excluding steroid dienone is 6. The van der Waals surface area contributed by atoms with E-state index in [4.69, 9.17) is 0 Å². The van der Waals surface area contributed by atoms with Crippen LogP contribution in [-0.2, 0) is 4.79 Å². The Morgan fingerprint density at radius 3 is 2.39 bits per heavy atom. The fraction of sp³-hybridized carbons (Fsp3) is 0.346. The molecule has 0 bridgehead atoms. The van der Waals surface area contributed by atoms with Gasteiger partial charge in [-0.15, -0.1) is 0 Å². The van der Waals surface area contributed by atoms with E-state index in [9.17, 15) is 4.79 Å². The van der Waals surface area contributed by atoms with Crippen LogP contribution in [0.4, 0.5) is 0 Å². The van der Waals surface area contributed by atoms with E-state index in [1.165, 1.54) is 16.7 Å². The van der Waals surface area contributed by atoms with Crippen molar-refractivity contribution in [2.75, 3.05) is 0 Å². The molecule has 0 radical (unpaired) electrons. The lowest BCUT2D eigenvalue weighted by Gasteiger charge is -2.15. The SMILES string of the molecule is C/C=C\C=C/CC/C(C)=C/C(=C\C)C(C)NC(=O)/C=C/c1cc(C)cc(C)c1. The Morgan fingerprint density at radius 1 is 1.11 bits per heavy atom. The summed E-state index contributed by atoms with van der Waals surface area (Å²) in [5.41, 5.74) is 5.89. The monoisotopic (exact) mass is 377 g/mol. The zero-order valence-electron chi connectivity index (χ0n) is 18.3. The van der Waals surface area contributed by atoms with Crippen LogP contribution in [0.5, 0.6) is 0 Å². The average Bonchev–Trinajstić information content (AvgIpc) is 2.63. The van der Waals surface area contributed by atoms with Crippen molar-refractivity contribution in [1.29, 1.82) is 0 Å². The normalized spacial score (nSPS) is 14.4. The maximum absolute atomic E-state index is 12.3. The Bertz CT molecular complexity index is 770. The van der Waals surface area contributed by atoms with Crippen LogP contribution in [0.2, 0.25) is 0 Å². The van der Waals surface area contributed by atoms with Gasteiger partial charge in [-0.2, -0.15) is 0 Å². The Kier molecular flexibility index (Phi) is 10.6. The van der Waals surface area contributed by atoms with Crippen LogP contribution >= 0.6 is 0 Å². The highest BCUT2D eigenvalue weighted by molar-refractivity contribution is 5.92. The van der Waals surface area contributed by atoms with Gasteiger partial charge >= 0.3 is 0 Å². The van der Waals surface area contributed by atoms with Gasteiger partial charge in [0.15, 0.2) is 0 Å². The molecule has 1 atom stereocenters. The molecule has 0 spiro atoms. The average molecular weight is 378 g/mol. The number of carbonyl (C=O) groups is 1. The first-order chi connectivity index (χ1) is 13.3. The molecule has 1 aromatic rings. The van der Waals surface area contributed by atoms with Crippen LogP contribution in [0.3, 0.4) is 0 Å². The lowest BCUT2D eigenvalue weighted by atomic mass is 10.0. The van der Waals surface area contributed by atoms with Gasteiger partial charge in [-0.3, -0.25) is 4.79 Å². The molecule has 0 heterocycles. The van der Waals surface area contributed by atoms with Crippen molar-refractivity contribution in [1.82, 2.24) is 5.32 Å². The van der Waals surface area contributed by atoms with Crippen molar-refractivity contribution in [2.45, 2.75) is 60.4 Å². The van der Waals surface area contributed by atoms with Gasteiger partial charge in [0.05, 0.1) is 6.04 Å². The second-order valence-electron chi connectivity index (χ2n) is 7.26. The molecule has 1 amide bonds. The summed E-state index contributed by atoms with van der Waals surface area (Å²) in [5.74, 6) is -0.0775. The van der Waals surface area contributed by atoms with E-state index < -0.39 is 0 Å². The summed E-state index contributed by atoms with van der Waals surface area (Å²) in [6, 6.07) is 6.25. The van der Waals surface area contributed by atoms with Crippen LogP contribution in [0.25, 0.3) is 6.08 Å². The van der Waals surface area contributed by atoms with Crippen LogP contribution < -0.4 is 5.32 Å². The molecule has 1 rings (SSSR count). The zero-order chi connectivity index (χ0) is 20.9. The molecule has 28 heavy (non-hydrogen) atoms. The second-order valence-corrected chi connectivity index (χ2v) is 7.26. The molecular weight excluding hydrogens is 342 g/mol. The van der Waals surface area contributed by atoms with Crippen LogP contribution in [0, 0.1) is 13.8 Å². The third kappa shape index (κ3) is 9.36. The molecule has 150 valence electrons. The van der Waals surface area contributed by atoms with E-state index >= 15 is 0 Å². The highest BCUT2D eigenvalue weighted by Gasteiger charge is 2.08. The largest absolute Gasteiger partial charge is 0.346 e. The summed E-state index contributed by atoms with van der Waals surface area (Å²) >= 11 is 0. The highest BCUT2D eigenvalue weighted by atomic mass is 16.1. The number of carbonyl (C=O) groups excluding carboxylic acids is 1. The third-order valence-electron chi connectivity index (χ3n) is 4.42. The number of rotatable bonds is 9. The quantitative estimate of drug-likeness (QED) is 0.380. The Morgan fingerprint density at radius 2 is 1.79 bits per heavy atom. The van der Waals surface area contributed by atoms with Gasteiger partial charge in [-0.1, -0.05) is 71.4 Å². The fourth-order valence-corrected chi connectivity index (χ4v) is 3.03. The number of amides is 1. The van der Waals surface area contributed by atoms with E-state index in [1.807, 2.05) is 39.0 Å². The lowest BCUT2D eigenvalue weighted by Crippen LogP contribution is -2.32. The lowest BCUT2D eigenvalue weighted by molar-refractivity contribution is -0.116. The number of hydrogen-bond acceptors (Lipinski definition) is 1. The van der Waals surface area contributed by atoms with Gasteiger partial charge < -0.3 is 5.32 Å². The van der Waals surface area contributed by atoms with E-state index in [0.29, 0.717) is 0 Å². The fourth-order valence-electron chi connectivity index (χ4n) is 3.03. The molecule has 0 saturated heterocycles. The minimum absolute atomic E-state index is 0.0325. The van der Waals surface area contributed by atoms with Gasteiger partial charge in [0.1, 0.15) is 0 Å².